The monoisotopic (exact) mass is 476 g/mol. The van der Waals surface area contributed by atoms with Gasteiger partial charge in [-0.25, -0.2) is 4.39 Å². The Morgan fingerprint density at radius 3 is 2.45 bits per heavy atom. The molecular weight excluding hydrogens is 455 g/mol. The van der Waals surface area contributed by atoms with E-state index in [1.54, 1.807) is 23.5 Å². The Bertz CT molecular complexity index is 1340. The van der Waals surface area contributed by atoms with Gasteiger partial charge in [0.05, 0.1) is 16.5 Å². The largest absolute Gasteiger partial charge is 0.351 e. The molecule has 0 spiro atoms. The van der Waals surface area contributed by atoms with Crippen LogP contribution in [0.15, 0.2) is 70.2 Å². The maximum absolute atomic E-state index is 13.6. The zero-order chi connectivity index (χ0) is 23.1. The average molecular weight is 477 g/mol. The minimum Gasteiger partial charge on any atom is -0.351 e. The summed E-state index contributed by atoms with van der Waals surface area (Å²) in [5.41, 5.74) is 5.75. The van der Waals surface area contributed by atoms with Crippen LogP contribution in [0.25, 0.3) is 16.3 Å². The molecule has 1 aliphatic rings. The average Bonchev–Trinajstić information content (AvgIpc) is 3.45. The molecule has 33 heavy (non-hydrogen) atoms. The number of halogens is 1. The molecule has 1 aliphatic heterocycles. The number of rotatable bonds is 4. The molecule has 0 amide bonds. The fraction of sp³-hybridized carbons (Fsp3) is 0.160. The van der Waals surface area contributed by atoms with Crippen molar-refractivity contribution in [1.82, 2.24) is 15.5 Å². The molecule has 2 aromatic heterocycles. The first-order valence-corrected chi connectivity index (χ1v) is 11.7. The fourth-order valence-corrected chi connectivity index (χ4v) is 5.16. The highest BCUT2D eigenvalue weighted by Crippen LogP contribution is 2.39. The normalized spacial score (nSPS) is 16.3. The van der Waals surface area contributed by atoms with Gasteiger partial charge in [-0.2, -0.15) is 4.98 Å². The van der Waals surface area contributed by atoms with Crippen molar-refractivity contribution >= 4 is 39.9 Å². The van der Waals surface area contributed by atoms with Crippen LogP contribution in [-0.4, -0.2) is 15.3 Å². The van der Waals surface area contributed by atoms with Crippen LogP contribution in [0.3, 0.4) is 0 Å². The van der Waals surface area contributed by atoms with E-state index < -0.39 is 0 Å². The molecule has 2 aromatic carbocycles. The lowest BCUT2D eigenvalue weighted by atomic mass is 9.94. The SMILES string of the molecule is CC1=C(c2nc(-c3cccs3)no2)C(c2ccc(F)cc2)NC(=S)N1c1cc(C)cc(C)c1. The molecule has 8 heteroatoms. The molecule has 0 radical (unpaired) electrons. The van der Waals surface area contributed by atoms with Gasteiger partial charge in [-0.3, -0.25) is 4.90 Å². The van der Waals surface area contributed by atoms with Crippen LogP contribution in [0.2, 0.25) is 0 Å². The number of thiophene rings is 1. The zero-order valence-electron chi connectivity index (χ0n) is 18.3. The molecule has 1 atom stereocenters. The molecule has 0 saturated heterocycles. The van der Waals surface area contributed by atoms with E-state index in [1.807, 2.05) is 29.3 Å². The lowest BCUT2D eigenvalue weighted by Gasteiger charge is -2.37. The fourth-order valence-electron chi connectivity index (χ4n) is 4.15. The van der Waals surface area contributed by atoms with Crippen molar-refractivity contribution in [3.63, 3.8) is 0 Å². The first-order chi connectivity index (χ1) is 15.9. The van der Waals surface area contributed by atoms with E-state index in [0.717, 1.165) is 38.5 Å². The van der Waals surface area contributed by atoms with Gasteiger partial charge in [-0.05, 0) is 85.4 Å². The molecule has 0 saturated carbocycles. The summed E-state index contributed by atoms with van der Waals surface area (Å²) in [7, 11) is 0. The molecule has 1 N–H and O–H groups in total. The number of aromatic nitrogens is 2. The lowest BCUT2D eigenvalue weighted by Crippen LogP contribution is -2.46. The van der Waals surface area contributed by atoms with E-state index >= 15 is 0 Å². The van der Waals surface area contributed by atoms with Crippen molar-refractivity contribution in [2.24, 2.45) is 0 Å². The predicted molar refractivity (Wildman–Crippen MR) is 133 cm³/mol. The molecule has 3 heterocycles. The number of anilines is 1. The molecule has 4 aromatic rings. The van der Waals surface area contributed by atoms with Gasteiger partial charge < -0.3 is 9.84 Å². The standard InChI is InChI=1S/C25H21FN4OS2/c1-14-11-15(2)13-19(12-14)30-16(3)21(24-28-23(29-31-24)20-5-4-10-33-20)22(27-25(30)32)17-6-8-18(26)9-7-17/h4-13,22H,1-3H3,(H,27,32). The minimum atomic E-state index is -0.364. The molecule has 0 fully saturated rings. The summed E-state index contributed by atoms with van der Waals surface area (Å²) < 4.78 is 19.4. The Kier molecular flexibility index (Phi) is 5.55. The highest BCUT2D eigenvalue weighted by Gasteiger charge is 2.35. The van der Waals surface area contributed by atoms with Crippen LogP contribution < -0.4 is 10.2 Å². The number of allylic oxidation sites excluding steroid dienone is 1. The summed E-state index contributed by atoms with van der Waals surface area (Å²) in [5.74, 6) is 0.632. The van der Waals surface area contributed by atoms with Crippen molar-refractivity contribution in [3.8, 4) is 10.7 Å². The predicted octanol–water partition coefficient (Wildman–Crippen LogP) is 6.42. The summed E-state index contributed by atoms with van der Waals surface area (Å²) in [6.45, 7) is 6.11. The summed E-state index contributed by atoms with van der Waals surface area (Å²) in [6.07, 6.45) is 0. The number of nitrogens with zero attached hydrogens (tertiary/aromatic N) is 3. The molecule has 0 bridgehead atoms. The van der Waals surface area contributed by atoms with Gasteiger partial charge in [0.1, 0.15) is 5.82 Å². The van der Waals surface area contributed by atoms with Crippen molar-refractivity contribution in [2.45, 2.75) is 26.8 Å². The van der Waals surface area contributed by atoms with E-state index in [2.05, 4.69) is 42.5 Å². The number of benzene rings is 2. The van der Waals surface area contributed by atoms with Gasteiger partial charge in [0, 0.05) is 11.4 Å². The maximum atomic E-state index is 13.6. The van der Waals surface area contributed by atoms with Crippen molar-refractivity contribution in [2.75, 3.05) is 4.90 Å². The number of hydrogen-bond donors (Lipinski definition) is 1. The Morgan fingerprint density at radius 2 is 1.79 bits per heavy atom. The topological polar surface area (TPSA) is 54.2 Å². The van der Waals surface area contributed by atoms with E-state index in [9.17, 15) is 4.39 Å². The van der Waals surface area contributed by atoms with Gasteiger partial charge in [-0.1, -0.05) is 29.4 Å². The number of thiocarbonyl (C=S) groups is 1. The first-order valence-electron chi connectivity index (χ1n) is 10.4. The number of nitrogens with one attached hydrogen (secondary N) is 1. The third-order valence-corrected chi connectivity index (χ3v) is 6.72. The molecular formula is C25H21FN4OS2. The molecule has 166 valence electrons. The highest BCUT2D eigenvalue weighted by atomic mass is 32.1. The van der Waals surface area contributed by atoms with Gasteiger partial charge in [0.15, 0.2) is 5.11 Å². The summed E-state index contributed by atoms with van der Waals surface area (Å²) in [5, 5.41) is 10.1. The Labute approximate surface area is 200 Å². The zero-order valence-corrected chi connectivity index (χ0v) is 19.9. The Balaban J connectivity index is 1.68. The van der Waals surface area contributed by atoms with E-state index in [4.69, 9.17) is 21.7 Å². The molecule has 5 nitrogen and oxygen atoms in total. The van der Waals surface area contributed by atoms with Gasteiger partial charge in [0.25, 0.3) is 5.89 Å². The summed E-state index contributed by atoms with van der Waals surface area (Å²) >= 11 is 7.34. The quantitative estimate of drug-likeness (QED) is 0.343. The third-order valence-electron chi connectivity index (χ3n) is 5.55. The summed E-state index contributed by atoms with van der Waals surface area (Å²) in [6, 6.07) is 16.2. The van der Waals surface area contributed by atoms with Crippen LogP contribution in [0, 0.1) is 19.7 Å². The smallest absolute Gasteiger partial charge is 0.258 e. The second-order valence-electron chi connectivity index (χ2n) is 8.01. The second kappa shape index (κ2) is 8.53. The van der Waals surface area contributed by atoms with E-state index in [0.29, 0.717) is 16.8 Å². The van der Waals surface area contributed by atoms with Gasteiger partial charge in [-0.15, -0.1) is 11.3 Å². The van der Waals surface area contributed by atoms with E-state index in [-0.39, 0.29) is 11.9 Å². The molecule has 1 unspecified atom stereocenters. The maximum Gasteiger partial charge on any atom is 0.258 e. The van der Waals surface area contributed by atoms with Crippen molar-refractivity contribution in [1.29, 1.82) is 0 Å². The van der Waals surface area contributed by atoms with Gasteiger partial charge >= 0.3 is 0 Å². The van der Waals surface area contributed by atoms with Crippen LogP contribution in [0.4, 0.5) is 10.1 Å². The Morgan fingerprint density at radius 1 is 1.06 bits per heavy atom. The van der Waals surface area contributed by atoms with Crippen LogP contribution in [0.1, 0.15) is 35.5 Å². The molecule has 0 aliphatic carbocycles. The van der Waals surface area contributed by atoms with E-state index in [1.165, 1.54) is 12.1 Å². The Hall–Kier alpha value is -3.36. The van der Waals surface area contributed by atoms with Crippen LogP contribution in [-0.2, 0) is 0 Å². The third kappa shape index (κ3) is 4.07. The van der Waals surface area contributed by atoms with Gasteiger partial charge in [0.2, 0.25) is 5.82 Å². The minimum absolute atomic E-state index is 0.297. The number of aryl methyl sites for hydroxylation is 2. The highest BCUT2D eigenvalue weighted by molar-refractivity contribution is 7.80. The number of hydrogen-bond acceptors (Lipinski definition) is 5. The second-order valence-corrected chi connectivity index (χ2v) is 9.35. The van der Waals surface area contributed by atoms with Crippen LogP contribution >= 0.6 is 23.6 Å². The summed E-state index contributed by atoms with van der Waals surface area (Å²) in [4.78, 5) is 7.61. The first kappa shape index (κ1) is 21.5. The lowest BCUT2D eigenvalue weighted by molar-refractivity contribution is 0.404. The van der Waals surface area contributed by atoms with Crippen molar-refractivity contribution < 1.29 is 8.91 Å². The van der Waals surface area contributed by atoms with Crippen LogP contribution in [0.5, 0.6) is 0 Å². The molecule has 5 rings (SSSR count). The van der Waals surface area contributed by atoms with Crippen molar-refractivity contribution in [3.05, 3.63) is 94.1 Å².